The third-order valence-electron chi connectivity index (χ3n) is 3.00. The lowest BCUT2D eigenvalue weighted by Crippen LogP contribution is -2.02. The molecule has 7 heteroatoms. The number of aliphatic hydroxyl groups excluding tert-OH is 1. The number of aliphatic hydroxyl groups is 1. The van der Waals surface area contributed by atoms with Crippen LogP contribution in [0.15, 0.2) is 22.8 Å². The second-order valence-corrected chi connectivity index (χ2v) is 5.36. The maximum Gasteiger partial charge on any atom is 0.162 e. The van der Waals surface area contributed by atoms with Crippen molar-refractivity contribution in [2.45, 2.75) is 19.6 Å². The minimum atomic E-state index is -0.109. The van der Waals surface area contributed by atoms with Crippen LogP contribution in [0, 0.1) is 0 Å². The van der Waals surface area contributed by atoms with Gasteiger partial charge in [0.15, 0.2) is 11.5 Å². The third kappa shape index (κ3) is 2.78. The van der Waals surface area contributed by atoms with Crippen molar-refractivity contribution in [3.8, 4) is 11.5 Å². The molecule has 1 N–H and O–H groups in total. The number of hydrogen-bond acceptors (Lipinski definition) is 5. The molecule has 1 aromatic heterocycles. The summed E-state index contributed by atoms with van der Waals surface area (Å²) in [5.74, 6) is 1.51. The number of halogens is 1. The number of benzene rings is 1. The monoisotopic (exact) mass is 339 g/mol. The Morgan fingerprint density at radius 2 is 2.00 bits per heavy atom. The van der Waals surface area contributed by atoms with Crippen LogP contribution < -0.4 is 9.47 Å². The fourth-order valence-corrected chi connectivity index (χ4v) is 2.46. The molecule has 1 aliphatic heterocycles. The first-order valence-electron chi connectivity index (χ1n) is 6.34. The van der Waals surface area contributed by atoms with Crippen molar-refractivity contribution in [1.29, 1.82) is 0 Å². The summed E-state index contributed by atoms with van der Waals surface area (Å²) < 4.78 is 13.9. The van der Waals surface area contributed by atoms with E-state index in [1.165, 1.54) is 0 Å². The van der Waals surface area contributed by atoms with Gasteiger partial charge >= 0.3 is 0 Å². The lowest BCUT2D eigenvalue weighted by molar-refractivity contribution is 0.276. The Balaban J connectivity index is 1.87. The highest BCUT2D eigenvalue weighted by molar-refractivity contribution is 9.10. The van der Waals surface area contributed by atoms with Crippen molar-refractivity contribution in [1.82, 2.24) is 15.0 Å². The molecule has 0 atom stereocenters. The lowest BCUT2D eigenvalue weighted by Gasteiger charge is -2.11. The number of aromatic nitrogens is 3. The number of ether oxygens (including phenoxy) is 2. The second-order valence-electron chi connectivity index (χ2n) is 4.51. The van der Waals surface area contributed by atoms with Crippen LogP contribution in [-0.2, 0) is 13.2 Å². The molecule has 1 aromatic carbocycles. The summed E-state index contributed by atoms with van der Waals surface area (Å²) >= 11 is 3.54. The highest BCUT2D eigenvalue weighted by atomic mass is 79.9. The molecule has 106 valence electrons. The summed E-state index contributed by atoms with van der Waals surface area (Å²) in [7, 11) is 0. The van der Waals surface area contributed by atoms with Crippen LogP contribution in [0.25, 0.3) is 0 Å². The van der Waals surface area contributed by atoms with Gasteiger partial charge < -0.3 is 14.6 Å². The van der Waals surface area contributed by atoms with Gasteiger partial charge in [-0.2, -0.15) is 0 Å². The summed E-state index contributed by atoms with van der Waals surface area (Å²) in [6, 6.07) is 3.87. The van der Waals surface area contributed by atoms with E-state index in [-0.39, 0.29) is 6.61 Å². The van der Waals surface area contributed by atoms with Crippen LogP contribution in [0.5, 0.6) is 11.5 Å². The van der Waals surface area contributed by atoms with Gasteiger partial charge in [0.05, 0.1) is 32.6 Å². The Bertz CT molecular complexity index is 615. The van der Waals surface area contributed by atoms with Gasteiger partial charge in [0.25, 0.3) is 0 Å². The van der Waals surface area contributed by atoms with E-state index in [0.717, 1.165) is 28.0 Å². The molecule has 0 radical (unpaired) electrons. The van der Waals surface area contributed by atoms with Gasteiger partial charge in [-0.15, -0.1) is 5.10 Å². The highest BCUT2D eigenvalue weighted by Gasteiger charge is 2.14. The minimum Gasteiger partial charge on any atom is -0.490 e. The standard InChI is InChI=1S/C13H14BrN3O3/c14-11-5-13-12(19-2-1-3-20-13)4-9(11)6-17-7-10(8-18)15-16-17/h4-5,7,18H,1-3,6,8H2. The third-order valence-corrected chi connectivity index (χ3v) is 3.74. The molecule has 0 saturated carbocycles. The van der Waals surface area contributed by atoms with Gasteiger partial charge in [-0.1, -0.05) is 21.1 Å². The Morgan fingerprint density at radius 3 is 2.70 bits per heavy atom. The average Bonchev–Trinajstić information content (AvgIpc) is 2.78. The number of nitrogens with zero attached hydrogens (tertiary/aromatic N) is 3. The molecule has 0 fully saturated rings. The van der Waals surface area contributed by atoms with E-state index in [9.17, 15) is 0 Å². The van der Waals surface area contributed by atoms with E-state index in [4.69, 9.17) is 14.6 Å². The quantitative estimate of drug-likeness (QED) is 0.922. The Kier molecular flexibility index (Phi) is 3.88. The molecule has 0 amide bonds. The largest absolute Gasteiger partial charge is 0.490 e. The maximum atomic E-state index is 9.00. The van der Waals surface area contributed by atoms with Gasteiger partial charge in [-0.25, -0.2) is 4.68 Å². The van der Waals surface area contributed by atoms with Crippen LogP contribution in [0.3, 0.4) is 0 Å². The number of hydrogen-bond donors (Lipinski definition) is 1. The van der Waals surface area contributed by atoms with Crippen molar-refractivity contribution in [3.63, 3.8) is 0 Å². The predicted molar refractivity (Wildman–Crippen MR) is 74.8 cm³/mol. The van der Waals surface area contributed by atoms with Crippen LogP contribution >= 0.6 is 15.9 Å². The zero-order chi connectivity index (χ0) is 13.9. The van der Waals surface area contributed by atoms with E-state index in [0.29, 0.717) is 25.5 Å². The molecular weight excluding hydrogens is 326 g/mol. The smallest absolute Gasteiger partial charge is 0.162 e. The molecule has 20 heavy (non-hydrogen) atoms. The van der Waals surface area contributed by atoms with E-state index < -0.39 is 0 Å². The van der Waals surface area contributed by atoms with E-state index in [1.54, 1.807) is 10.9 Å². The first-order chi connectivity index (χ1) is 9.76. The summed E-state index contributed by atoms with van der Waals surface area (Å²) in [5, 5.41) is 16.8. The lowest BCUT2D eigenvalue weighted by atomic mass is 10.2. The average molecular weight is 340 g/mol. The summed E-state index contributed by atoms with van der Waals surface area (Å²) in [6.07, 6.45) is 2.60. The minimum absolute atomic E-state index is 0.109. The zero-order valence-electron chi connectivity index (χ0n) is 10.8. The highest BCUT2D eigenvalue weighted by Crippen LogP contribution is 2.35. The van der Waals surface area contributed by atoms with Crippen molar-refractivity contribution in [2.24, 2.45) is 0 Å². The molecule has 2 aromatic rings. The molecule has 1 aliphatic rings. The normalized spacial score (nSPS) is 14.1. The van der Waals surface area contributed by atoms with Crippen LogP contribution in [0.4, 0.5) is 0 Å². The Morgan fingerprint density at radius 1 is 1.25 bits per heavy atom. The molecular formula is C13H14BrN3O3. The molecule has 0 unspecified atom stereocenters. The SMILES string of the molecule is OCc1cn(Cc2cc3c(cc2Br)OCCCO3)nn1. The van der Waals surface area contributed by atoms with Crippen LogP contribution in [-0.4, -0.2) is 33.3 Å². The summed E-state index contributed by atoms with van der Waals surface area (Å²) in [5.41, 5.74) is 1.57. The van der Waals surface area contributed by atoms with Crippen molar-refractivity contribution >= 4 is 15.9 Å². The van der Waals surface area contributed by atoms with Gasteiger partial charge in [0.1, 0.15) is 5.69 Å². The summed E-state index contributed by atoms with van der Waals surface area (Å²) in [4.78, 5) is 0. The van der Waals surface area contributed by atoms with Crippen molar-refractivity contribution in [2.75, 3.05) is 13.2 Å². The maximum absolute atomic E-state index is 9.00. The summed E-state index contributed by atoms with van der Waals surface area (Å²) in [6.45, 7) is 1.76. The molecule has 2 heterocycles. The molecule has 3 rings (SSSR count). The van der Waals surface area contributed by atoms with E-state index in [2.05, 4.69) is 26.2 Å². The van der Waals surface area contributed by atoms with E-state index >= 15 is 0 Å². The first kappa shape index (κ1) is 13.4. The van der Waals surface area contributed by atoms with Gasteiger partial charge in [0, 0.05) is 10.9 Å². The molecule has 0 saturated heterocycles. The zero-order valence-corrected chi connectivity index (χ0v) is 12.3. The topological polar surface area (TPSA) is 69.4 Å². The predicted octanol–water partition coefficient (Wildman–Crippen LogP) is 1.74. The molecule has 0 bridgehead atoms. The molecule has 0 spiro atoms. The Hall–Kier alpha value is -1.60. The van der Waals surface area contributed by atoms with Gasteiger partial charge in [-0.05, 0) is 17.7 Å². The fourth-order valence-electron chi connectivity index (χ4n) is 2.01. The van der Waals surface area contributed by atoms with Crippen LogP contribution in [0.2, 0.25) is 0 Å². The second kappa shape index (κ2) is 5.80. The van der Waals surface area contributed by atoms with Crippen molar-refractivity contribution < 1.29 is 14.6 Å². The Labute approximate surface area is 124 Å². The number of rotatable bonds is 3. The van der Waals surface area contributed by atoms with Gasteiger partial charge in [0.2, 0.25) is 0 Å². The van der Waals surface area contributed by atoms with E-state index in [1.807, 2.05) is 12.1 Å². The van der Waals surface area contributed by atoms with Crippen molar-refractivity contribution in [3.05, 3.63) is 34.1 Å². The van der Waals surface area contributed by atoms with Gasteiger partial charge in [-0.3, -0.25) is 0 Å². The molecule has 6 nitrogen and oxygen atoms in total. The van der Waals surface area contributed by atoms with Crippen LogP contribution in [0.1, 0.15) is 17.7 Å². The first-order valence-corrected chi connectivity index (χ1v) is 7.13. The number of fused-ring (bicyclic) bond motifs is 1. The molecule has 0 aliphatic carbocycles. The fraction of sp³-hybridized carbons (Fsp3) is 0.385.